The number of rotatable bonds is 8. The quantitative estimate of drug-likeness (QED) is 0.771. The lowest BCUT2D eigenvalue weighted by Crippen LogP contribution is -2.42. The highest BCUT2D eigenvalue weighted by molar-refractivity contribution is 5.75. The van der Waals surface area contributed by atoms with E-state index in [1.54, 1.807) is 17.2 Å². The number of carboxylic acid groups (broad SMARTS) is 1. The van der Waals surface area contributed by atoms with Crippen LogP contribution in [0.1, 0.15) is 38.4 Å². The number of carboxylic acids is 1. The molecule has 2 amide bonds. The molecule has 0 saturated heterocycles. The molecule has 1 heterocycles. The average molecular weight is 294 g/mol. The van der Waals surface area contributed by atoms with Gasteiger partial charge in [-0.1, -0.05) is 13.3 Å². The summed E-state index contributed by atoms with van der Waals surface area (Å²) in [7, 11) is 0. The van der Waals surface area contributed by atoms with Gasteiger partial charge in [0.1, 0.15) is 5.76 Å². The third kappa shape index (κ3) is 4.81. The van der Waals surface area contributed by atoms with Crippen LogP contribution < -0.4 is 5.32 Å². The van der Waals surface area contributed by atoms with Crippen molar-refractivity contribution in [1.29, 1.82) is 0 Å². The Balaban J connectivity index is 1.85. The summed E-state index contributed by atoms with van der Waals surface area (Å²) in [6.45, 7) is 2.78. The van der Waals surface area contributed by atoms with Crippen LogP contribution in [-0.4, -0.2) is 34.6 Å². The van der Waals surface area contributed by atoms with Gasteiger partial charge in [-0.05, 0) is 30.9 Å². The number of nitrogens with one attached hydrogen (secondary N) is 1. The van der Waals surface area contributed by atoms with Gasteiger partial charge in [0.15, 0.2) is 0 Å². The molecule has 0 aliphatic heterocycles. The highest BCUT2D eigenvalue weighted by atomic mass is 16.4. The van der Waals surface area contributed by atoms with Crippen LogP contribution in [0.25, 0.3) is 0 Å². The van der Waals surface area contributed by atoms with E-state index in [9.17, 15) is 9.59 Å². The molecule has 0 aromatic carbocycles. The fraction of sp³-hybridized carbons (Fsp3) is 0.600. The van der Waals surface area contributed by atoms with Crippen molar-refractivity contribution < 1.29 is 19.1 Å². The molecule has 1 saturated carbocycles. The fourth-order valence-corrected chi connectivity index (χ4v) is 2.26. The van der Waals surface area contributed by atoms with Gasteiger partial charge in [-0.15, -0.1) is 0 Å². The van der Waals surface area contributed by atoms with Crippen LogP contribution in [-0.2, 0) is 11.3 Å². The smallest absolute Gasteiger partial charge is 0.318 e. The number of nitrogens with zero attached hydrogens (tertiary/aromatic N) is 1. The van der Waals surface area contributed by atoms with Gasteiger partial charge >= 0.3 is 12.0 Å². The molecule has 6 nitrogen and oxygen atoms in total. The molecule has 1 atom stereocenters. The number of urea groups is 1. The highest BCUT2D eigenvalue weighted by Gasteiger charge is 2.33. The lowest BCUT2D eigenvalue weighted by atomic mass is 10.0. The zero-order valence-corrected chi connectivity index (χ0v) is 12.2. The van der Waals surface area contributed by atoms with Crippen molar-refractivity contribution in [2.24, 2.45) is 5.92 Å². The Morgan fingerprint density at radius 3 is 2.81 bits per heavy atom. The first-order chi connectivity index (χ1) is 10.1. The fourth-order valence-electron chi connectivity index (χ4n) is 2.26. The molecule has 1 aromatic rings. The van der Waals surface area contributed by atoms with Crippen LogP contribution in [0.15, 0.2) is 22.8 Å². The van der Waals surface area contributed by atoms with E-state index in [1.165, 1.54) is 0 Å². The van der Waals surface area contributed by atoms with E-state index < -0.39 is 5.97 Å². The first-order valence-corrected chi connectivity index (χ1v) is 7.38. The van der Waals surface area contributed by atoms with Gasteiger partial charge in [0.05, 0.1) is 12.8 Å². The zero-order valence-electron chi connectivity index (χ0n) is 12.2. The molecule has 1 aliphatic carbocycles. The predicted molar refractivity (Wildman–Crippen MR) is 76.7 cm³/mol. The summed E-state index contributed by atoms with van der Waals surface area (Å²) in [6, 6.07) is 3.78. The van der Waals surface area contributed by atoms with Crippen LogP contribution in [0.3, 0.4) is 0 Å². The molecule has 1 unspecified atom stereocenters. The van der Waals surface area contributed by atoms with Gasteiger partial charge in [-0.25, -0.2) is 4.79 Å². The lowest BCUT2D eigenvalue weighted by Gasteiger charge is -2.23. The molecule has 1 fully saturated rings. The number of hydrogen-bond acceptors (Lipinski definition) is 3. The molecule has 1 aromatic heterocycles. The van der Waals surface area contributed by atoms with Crippen molar-refractivity contribution in [2.45, 2.75) is 45.2 Å². The number of carbonyl (C=O) groups excluding carboxylic acids is 1. The Labute approximate surface area is 124 Å². The largest absolute Gasteiger partial charge is 0.481 e. The van der Waals surface area contributed by atoms with Crippen LogP contribution >= 0.6 is 0 Å². The third-order valence-corrected chi connectivity index (χ3v) is 3.74. The van der Waals surface area contributed by atoms with Gasteiger partial charge < -0.3 is 19.7 Å². The number of carbonyl (C=O) groups is 2. The van der Waals surface area contributed by atoms with Gasteiger partial charge in [-0.2, -0.15) is 0 Å². The van der Waals surface area contributed by atoms with E-state index in [4.69, 9.17) is 9.52 Å². The number of amides is 2. The minimum Gasteiger partial charge on any atom is -0.481 e. The van der Waals surface area contributed by atoms with Crippen molar-refractivity contribution in [1.82, 2.24) is 10.2 Å². The summed E-state index contributed by atoms with van der Waals surface area (Å²) in [5.74, 6) is -0.100. The highest BCUT2D eigenvalue weighted by Crippen LogP contribution is 2.28. The summed E-state index contributed by atoms with van der Waals surface area (Å²) >= 11 is 0. The van der Waals surface area contributed by atoms with Gasteiger partial charge in [0.2, 0.25) is 0 Å². The first-order valence-electron chi connectivity index (χ1n) is 7.38. The minimum atomic E-state index is -0.828. The summed E-state index contributed by atoms with van der Waals surface area (Å²) in [5.41, 5.74) is 0. The zero-order chi connectivity index (χ0) is 15.2. The second-order valence-electron chi connectivity index (χ2n) is 5.50. The third-order valence-electron chi connectivity index (χ3n) is 3.74. The normalized spacial score (nSPS) is 15.5. The molecule has 2 rings (SSSR count). The monoisotopic (exact) mass is 294 g/mol. The van der Waals surface area contributed by atoms with Crippen LogP contribution in [0.4, 0.5) is 4.79 Å². The van der Waals surface area contributed by atoms with E-state index in [-0.39, 0.29) is 24.4 Å². The topological polar surface area (TPSA) is 82.8 Å². The van der Waals surface area contributed by atoms with Gasteiger partial charge in [0, 0.05) is 19.0 Å². The van der Waals surface area contributed by atoms with E-state index in [0.717, 1.165) is 25.0 Å². The molecule has 6 heteroatoms. The molecule has 0 spiro atoms. The lowest BCUT2D eigenvalue weighted by molar-refractivity contribution is -0.138. The molecule has 2 N–H and O–H groups in total. The Bertz CT molecular complexity index is 468. The van der Waals surface area contributed by atoms with E-state index >= 15 is 0 Å². The Hall–Kier alpha value is -1.98. The maximum atomic E-state index is 12.3. The summed E-state index contributed by atoms with van der Waals surface area (Å²) in [5, 5.41) is 11.7. The van der Waals surface area contributed by atoms with Gasteiger partial charge in [0.25, 0.3) is 0 Å². The summed E-state index contributed by atoms with van der Waals surface area (Å²) < 4.78 is 5.29. The summed E-state index contributed by atoms with van der Waals surface area (Å²) in [6.07, 6.45) is 4.44. The Morgan fingerprint density at radius 2 is 2.29 bits per heavy atom. The van der Waals surface area contributed by atoms with E-state index in [2.05, 4.69) is 5.32 Å². The van der Waals surface area contributed by atoms with E-state index in [0.29, 0.717) is 13.1 Å². The Morgan fingerprint density at radius 1 is 1.52 bits per heavy atom. The van der Waals surface area contributed by atoms with Crippen molar-refractivity contribution in [3.8, 4) is 0 Å². The molecule has 0 bridgehead atoms. The van der Waals surface area contributed by atoms with Crippen molar-refractivity contribution in [2.75, 3.05) is 6.54 Å². The standard InChI is InChI=1S/C15H22N2O4/c1-2-11(8-14(18)19)9-16-15(20)17(12-5-6-12)10-13-4-3-7-21-13/h3-4,7,11-12H,2,5-6,8-10H2,1H3,(H,16,20)(H,18,19). The SMILES string of the molecule is CCC(CNC(=O)N(Cc1ccco1)C1CC1)CC(=O)O. The van der Waals surface area contributed by atoms with Crippen molar-refractivity contribution in [3.63, 3.8) is 0 Å². The molecule has 21 heavy (non-hydrogen) atoms. The van der Waals surface area contributed by atoms with Crippen LogP contribution in [0.2, 0.25) is 0 Å². The molecule has 116 valence electrons. The molecular formula is C15H22N2O4. The number of furan rings is 1. The van der Waals surface area contributed by atoms with Crippen molar-refractivity contribution >= 4 is 12.0 Å². The maximum absolute atomic E-state index is 12.3. The minimum absolute atomic E-state index is 0.0314. The molecule has 0 radical (unpaired) electrons. The van der Waals surface area contributed by atoms with Gasteiger partial charge in [-0.3, -0.25) is 4.79 Å². The van der Waals surface area contributed by atoms with Crippen LogP contribution in [0, 0.1) is 5.92 Å². The van der Waals surface area contributed by atoms with Crippen molar-refractivity contribution in [3.05, 3.63) is 24.2 Å². The number of aliphatic carboxylic acids is 1. The van der Waals surface area contributed by atoms with Crippen LogP contribution in [0.5, 0.6) is 0 Å². The molecular weight excluding hydrogens is 272 g/mol. The second-order valence-corrected chi connectivity index (χ2v) is 5.50. The summed E-state index contributed by atoms with van der Waals surface area (Å²) in [4.78, 5) is 24.8. The molecule has 1 aliphatic rings. The predicted octanol–water partition coefficient (Wildman–Crippen LogP) is 2.45. The second kappa shape index (κ2) is 7.15. The maximum Gasteiger partial charge on any atom is 0.318 e. The van der Waals surface area contributed by atoms with E-state index in [1.807, 2.05) is 13.0 Å². The number of hydrogen-bond donors (Lipinski definition) is 2. The average Bonchev–Trinajstić information content (AvgIpc) is 3.16. The first kappa shape index (κ1) is 15.4. The Kier molecular flexibility index (Phi) is 5.25.